The molecule has 0 unspecified atom stereocenters. The van der Waals surface area contributed by atoms with Gasteiger partial charge in [0.25, 0.3) is 0 Å². The fourth-order valence-electron chi connectivity index (χ4n) is 6.44. The minimum Gasteiger partial charge on any atom is -0.452 e. The topological polar surface area (TPSA) is 38.9 Å². The third-order valence-corrected chi connectivity index (χ3v) is 7.65. The average Bonchev–Trinajstić information content (AvgIpc) is 3.23. The molecule has 2 aromatic heterocycles. The average molecular weight is 449 g/mol. The highest BCUT2D eigenvalue weighted by Crippen LogP contribution is 2.53. The summed E-state index contributed by atoms with van der Waals surface area (Å²) in [6.07, 6.45) is 2.78. The van der Waals surface area contributed by atoms with Crippen molar-refractivity contribution in [1.29, 1.82) is 0 Å². The maximum atomic E-state index is 6.72. The van der Waals surface area contributed by atoms with Gasteiger partial charge in [0.1, 0.15) is 23.1 Å². The Morgan fingerprint density at radius 1 is 0.824 bits per heavy atom. The van der Waals surface area contributed by atoms with E-state index in [1.54, 1.807) is 6.33 Å². The number of nitrogens with zero attached hydrogens (tertiary/aromatic N) is 2. The molecule has 3 nitrogen and oxygen atoms in total. The quantitative estimate of drug-likeness (QED) is 0.258. The molecule has 34 heavy (non-hydrogen) atoms. The molecule has 3 heteroatoms. The zero-order valence-corrected chi connectivity index (χ0v) is 21.2. The van der Waals surface area contributed by atoms with Crippen LogP contribution in [0, 0.1) is 0 Å². The molecule has 2 heterocycles. The second-order valence-corrected chi connectivity index (χ2v) is 12.3. The van der Waals surface area contributed by atoms with Gasteiger partial charge in [-0.1, -0.05) is 78.8 Å². The highest BCUT2D eigenvalue weighted by Gasteiger charge is 2.44. The van der Waals surface area contributed by atoms with Crippen molar-refractivity contribution in [2.24, 2.45) is 0 Å². The van der Waals surface area contributed by atoms with Gasteiger partial charge in [0.2, 0.25) is 0 Å². The lowest BCUT2D eigenvalue weighted by atomic mass is 9.82. The molecule has 0 fully saturated rings. The monoisotopic (exact) mass is 448 g/mol. The van der Waals surface area contributed by atoms with Crippen LogP contribution >= 0.6 is 0 Å². The van der Waals surface area contributed by atoms with Gasteiger partial charge in [-0.25, -0.2) is 9.97 Å². The van der Waals surface area contributed by atoms with Gasteiger partial charge in [-0.15, -0.1) is 0 Å². The lowest BCUT2D eigenvalue weighted by Gasteiger charge is -2.22. The summed E-state index contributed by atoms with van der Waals surface area (Å²) in [5, 5.41) is 3.59. The van der Waals surface area contributed by atoms with Gasteiger partial charge in [-0.05, 0) is 62.8 Å². The smallest absolute Gasteiger partial charge is 0.180 e. The standard InChI is InChI=1S/C31H32N2O/c1-29(2,3)23-15-19(14-18-10-8-9-11-20(18)23)25-28-26(33-17-32-25)21-12-13-22-24(27(21)34-28)31(6,7)16-30(22,4)5/h8-15,17H,16H2,1-7H3. The third kappa shape index (κ3) is 2.95. The van der Waals surface area contributed by atoms with E-state index >= 15 is 0 Å². The van der Waals surface area contributed by atoms with Crippen LogP contribution in [0.15, 0.2) is 59.3 Å². The van der Waals surface area contributed by atoms with Crippen LogP contribution in [0.25, 0.3) is 44.1 Å². The molecule has 0 spiro atoms. The first kappa shape index (κ1) is 21.3. The molecule has 5 aromatic rings. The van der Waals surface area contributed by atoms with E-state index < -0.39 is 0 Å². The Balaban J connectivity index is 1.68. The molecule has 0 bridgehead atoms. The molecule has 0 N–H and O–H groups in total. The molecule has 0 amide bonds. The van der Waals surface area contributed by atoms with Crippen molar-refractivity contribution in [2.75, 3.05) is 0 Å². The fourth-order valence-corrected chi connectivity index (χ4v) is 6.44. The first-order chi connectivity index (χ1) is 16.0. The van der Waals surface area contributed by atoms with Crippen molar-refractivity contribution in [3.05, 3.63) is 71.5 Å². The van der Waals surface area contributed by atoms with Gasteiger partial charge >= 0.3 is 0 Å². The number of aromatic nitrogens is 2. The number of fused-ring (bicyclic) bond motifs is 6. The van der Waals surface area contributed by atoms with E-state index in [-0.39, 0.29) is 16.2 Å². The summed E-state index contributed by atoms with van der Waals surface area (Å²) < 4.78 is 6.72. The molecule has 172 valence electrons. The molecule has 6 rings (SSSR count). The minimum absolute atomic E-state index is 0.00602. The lowest BCUT2D eigenvalue weighted by molar-refractivity contribution is 0.402. The van der Waals surface area contributed by atoms with Crippen molar-refractivity contribution in [3.63, 3.8) is 0 Å². The van der Waals surface area contributed by atoms with Crippen LogP contribution in [0.5, 0.6) is 0 Å². The lowest BCUT2D eigenvalue weighted by Crippen LogP contribution is -2.18. The Morgan fingerprint density at radius 2 is 1.59 bits per heavy atom. The number of hydrogen-bond acceptors (Lipinski definition) is 3. The highest BCUT2D eigenvalue weighted by atomic mass is 16.3. The first-order valence-electron chi connectivity index (χ1n) is 12.2. The van der Waals surface area contributed by atoms with Crippen LogP contribution in [-0.2, 0) is 16.2 Å². The van der Waals surface area contributed by atoms with E-state index in [2.05, 4.69) is 97.0 Å². The molecule has 0 radical (unpaired) electrons. The van der Waals surface area contributed by atoms with Crippen molar-refractivity contribution in [1.82, 2.24) is 9.97 Å². The van der Waals surface area contributed by atoms with Crippen LogP contribution in [0.2, 0.25) is 0 Å². The zero-order chi connectivity index (χ0) is 24.0. The molecular formula is C31H32N2O. The van der Waals surface area contributed by atoms with E-state index in [1.165, 1.54) is 27.5 Å². The summed E-state index contributed by atoms with van der Waals surface area (Å²) >= 11 is 0. The molecule has 0 aliphatic heterocycles. The van der Waals surface area contributed by atoms with Gasteiger partial charge in [-0.3, -0.25) is 0 Å². The number of furan rings is 1. The molecule has 0 atom stereocenters. The van der Waals surface area contributed by atoms with Gasteiger partial charge in [-0.2, -0.15) is 0 Å². The van der Waals surface area contributed by atoms with Crippen molar-refractivity contribution < 1.29 is 4.42 Å². The summed E-state index contributed by atoms with van der Waals surface area (Å²) in [5.41, 5.74) is 8.79. The molecule has 1 aliphatic rings. The van der Waals surface area contributed by atoms with Crippen LogP contribution in [0.1, 0.15) is 71.6 Å². The summed E-state index contributed by atoms with van der Waals surface area (Å²) in [5.74, 6) is 0. The predicted molar refractivity (Wildman–Crippen MR) is 142 cm³/mol. The van der Waals surface area contributed by atoms with Crippen LogP contribution in [-0.4, -0.2) is 9.97 Å². The van der Waals surface area contributed by atoms with Crippen molar-refractivity contribution in [3.8, 4) is 11.3 Å². The summed E-state index contributed by atoms with van der Waals surface area (Å²) in [6, 6.07) is 17.6. The number of hydrogen-bond donors (Lipinski definition) is 0. The Kier molecular flexibility index (Phi) is 4.20. The Bertz CT molecular complexity index is 1610. The van der Waals surface area contributed by atoms with Crippen LogP contribution in [0.3, 0.4) is 0 Å². The molecule has 3 aromatic carbocycles. The van der Waals surface area contributed by atoms with Gasteiger partial charge in [0.05, 0.1) is 0 Å². The summed E-state index contributed by atoms with van der Waals surface area (Å²) in [6.45, 7) is 16.1. The van der Waals surface area contributed by atoms with Crippen LogP contribution < -0.4 is 0 Å². The highest BCUT2D eigenvalue weighted by molar-refractivity contribution is 6.08. The maximum Gasteiger partial charge on any atom is 0.180 e. The normalized spacial score (nSPS) is 17.0. The number of benzene rings is 3. The third-order valence-electron chi connectivity index (χ3n) is 7.65. The summed E-state index contributed by atoms with van der Waals surface area (Å²) in [4.78, 5) is 9.45. The second kappa shape index (κ2) is 6.69. The van der Waals surface area contributed by atoms with E-state index in [9.17, 15) is 0 Å². The van der Waals surface area contributed by atoms with E-state index in [0.717, 1.165) is 39.7 Å². The largest absolute Gasteiger partial charge is 0.452 e. The van der Waals surface area contributed by atoms with Crippen molar-refractivity contribution >= 4 is 32.8 Å². The van der Waals surface area contributed by atoms with Crippen LogP contribution in [0.4, 0.5) is 0 Å². The second-order valence-electron chi connectivity index (χ2n) is 12.3. The number of rotatable bonds is 1. The van der Waals surface area contributed by atoms with Crippen molar-refractivity contribution in [2.45, 2.75) is 71.1 Å². The Morgan fingerprint density at radius 3 is 2.35 bits per heavy atom. The zero-order valence-electron chi connectivity index (χ0n) is 21.2. The first-order valence-corrected chi connectivity index (χ1v) is 12.2. The molecule has 0 saturated heterocycles. The van der Waals surface area contributed by atoms with E-state index in [0.29, 0.717) is 0 Å². The van der Waals surface area contributed by atoms with Gasteiger partial charge in [0.15, 0.2) is 5.58 Å². The Labute approximate surface area is 201 Å². The maximum absolute atomic E-state index is 6.72. The fraction of sp³-hybridized carbons (Fsp3) is 0.355. The van der Waals surface area contributed by atoms with Gasteiger partial charge in [0, 0.05) is 16.5 Å². The summed E-state index contributed by atoms with van der Waals surface area (Å²) in [7, 11) is 0. The van der Waals surface area contributed by atoms with E-state index in [4.69, 9.17) is 14.4 Å². The Hall–Kier alpha value is -3.20. The minimum atomic E-state index is 0.00602. The SMILES string of the molecule is CC(C)(C)c1cc(-c2ncnc3c2oc2c4c(ccc23)C(C)(C)CC4(C)C)cc2ccccc12. The molecule has 1 aliphatic carbocycles. The molecule has 0 saturated carbocycles. The van der Waals surface area contributed by atoms with Gasteiger partial charge < -0.3 is 4.42 Å². The molecular weight excluding hydrogens is 416 g/mol. The van der Waals surface area contributed by atoms with E-state index in [1.807, 2.05) is 0 Å². The predicted octanol–water partition coefficient (Wildman–Crippen LogP) is 8.45.